The molecular weight excluding hydrogens is 937 g/mol. The number of aliphatic hydroxyl groups excluding tert-OH is 7. The van der Waals surface area contributed by atoms with Crippen molar-refractivity contribution in [3.05, 3.63) is 130 Å². The zero-order valence-corrected chi connectivity index (χ0v) is 44.4. The number of carbonyl (C=O) groups excluding carboxylic acids is 4. The minimum Gasteiger partial charge on any atom is -0.463 e. The summed E-state index contributed by atoms with van der Waals surface area (Å²) >= 11 is 0. The number of rotatable bonds is 19. The topological polar surface area (TPSA) is 247 Å². The SMILES string of the molecule is CC1=C(/C=C/C(C)=C/C=C/C(C)=C/C=C/C=C(C)/C=C/C=C(C)/C=C/C2=C(C)C(=O)C(OC(=O)CCC(=O)OCC3OC(O)C(O)C(O)C3OC3CC(CO)C(O)C(O)C3O)CC2(C)C)C(C)(C)CC(C)C1=O. The highest BCUT2D eigenvalue weighted by Crippen LogP contribution is 2.43. The standard InChI is InChI=1S/C58H80O15/c1-33(18-14-20-35(3)22-24-41-38(6)48(62)37(5)29-57(41,8)9)16-12-13-17-34(2)19-15-21-36(4)23-25-42-39(7)49(63)44(30-58(42,10)11)71-47(61)27-26-46(60)70-32-45-55(53(67)54(68)56(69)73-45)72-43-28-40(31-59)50(64)52(66)51(43)65/h12-25,37,40,43-45,50-56,59,64-69H,26-32H2,1-11H3/b13-12+,18-14+,19-15+,24-22+,25-23+,33-16+,34-17+,35-20+,36-21+. The molecule has 0 aromatic carbocycles. The van der Waals surface area contributed by atoms with Crippen LogP contribution in [0.4, 0.5) is 0 Å². The highest BCUT2D eigenvalue weighted by molar-refractivity contribution is 6.02. The molecular formula is C58H80O15. The third-order valence-corrected chi connectivity index (χ3v) is 14.1. The van der Waals surface area contributed by atoms with Gasteiger partial charge >= 0.3 is 11.9 Å². The quantitative estimate of drug-likeness (QED) is 0.0551. The molecule has 73 heavy (non-hydrogen) atoms. The fourth-order valence-corrected chi connectivity index (χ4v) is 9.78. The Kier molecular flexibility index (Phi) is 22.4. The maximum absolute atomic E-state index is 13.5. The molecule has 2 fully saturated rings. The van der Waals surface area contributed by atoms with Crippen LogP contribution in [0.2, 0.25) is 0 Å². The molecule has 0 amide bonds. The smallest absolute Gasteiger partial charge is 0.307 e. The number of ether oxygens (including phenoxy) is 4. The summed E-state index contributed by atoms with van der Waals surface area (Å²) in [5, 5.41) is 71.7. The van der Waals surface area contributed by atoms with Gasteiger partial charge in [0.15, 0.2) is 24.0 Å². The number of carbonyl (C=O) groups is 4. The predicted molar refractivity (Wildman–Crippen MR) is 277 cm³/mol. The van der Waals surface area contributed by atoms with Crippen LogP contribution in [0.15, 0.2) is 130 Å². The molecule has 0 bridgehead atoms. The van der Waals surface area contributed by atoms with Crippen molar-refractivity contribution >= 4 is 23.5 Å². The molecule has 4 aliphatic rings. The zero-order chi connectivity index (χ0) is 54.5. The van der Waals surface area contributed by atoms with Gasteiger partial charge in [0.2, 0.25) is 0 Å². The average Bonchev–Trinajstić information content (AvgIpc) is 3.32. The van der Waals surface area contributed by atoms with Gasteiger partial charge in [-0.3, -0.25) is 19.2 Å². The number of esters is 2. The molecule has 0 aromatic rings. The van der Waals surface area contributed by atoms with Crippen LogP contribution >= 0.6 is 0 Å². The largest absolute Gasteiger partial charge is 0.463 e. The van der Waals surface area contributed by atoms with Crippen LogP contribution in [0.5, 0.6) is 0 Å². The van der Waals surface area contributed by atoms with E-state index in [0.29, 0.717) is 5.57 Å². The van der Waals surface area contributed by atoms with Gasteiger partial charge in [-0.05, 0) is 87.5 Å². The average molecular weight is 1020 g/mol. The normalized spacial score (nSPS) is 32.1. The minimum atomic E-state index is -1.90. The molecule has 12 unspecified atom stereocenters. The molecule has 15 heteroatoms. The number of aliphatic hydroxyl groups is 7. The molecule has 12 atom stereocenters. The lowest BCUT2D eigenvalue weighted by Gasteiger charge is -2.45. The molecule has 0 radical (unpaired) electrons. The summed E-state index contributed by atoms with van der Waals surface area (Å²) in [6, 6.07) is 0. The number of hydrogen-bond donors (Lipinski definition) is 7. The summed E-state index contributed by atoms with van der Waals surface area (Å²) in [6.07, 6.45) is 12.6. The van der Waals surface area contributed by atoms with Gasteiger partial charge in [0, 0.05) is 24.9 Å². The molecule has 4 rings (SSSR count). The Morgan fingerprint density at radius 1 is 0.644 bits per heavy atom. The van der Waals surface area contributed by atoms with E-state index in [9.17, 15) is 54.9 Å². The van der Waals surface area contributed by atoms with E-state index in [0.717, 1.165) is 45.4 Å². The van der Waals surface area contributed by atoms with Crippen molar-refractivity contribution in [2.24, 2.45) is 22.7 Å². The molecule has 402 valence electrons. The van der Waals surface area contributed by atoms with Crippen molar-refractivity contribution in [1.29, 1.82) is 0 Å². The zero-order valence-electron chi connectivity index (χ0n) is 44.4. The van der Waals surface area contributed by atoms with Gasteiger partial charge < -0.3 is 54.7 Å². The second-order valence-electron chi connectivity index (χ2n) is 21.3. The van der Waals surface area contributed by atoms with Crippen molar-refractivity contribution < 1.29 is 73.9 Å². The van der Waals surface area contributed by atoms with Crippen molar-refractivity contribution in [3.63, 3.8) is 0 Å². The van der Waals surface area contributed by atoms with Gasteiger partial charge in [-0.15, -0.1) is 0 Å². The van der Waals surface area contributed by atoms with Gasteiger partial charge in [0.25, 0.3) is 0 Å². The maximum atomic E-state index is 13.5. The lowest BCUT2D eigenvalue weighted by Crippen LogP contribution is -2.63. The van der Waals surface area contributed by atoms with Gasteiger partial charge in [-0.1, -0.05) is 142 Å². The van der Waals surface area contributed by atoms with Crippen molar-refractivity contribution in [1.82, 2.24) is 0 Å². The van der Waals surface area contributed by atoms with Crippen LogP contribution in [-0.4, -0.2) is 134 Å². The lowest BCUT2D eigenvalue weighted by atomic mass is 9.68. The second-order valence-corrected chi connectivity index (χ2v) is 21.3. The number of Topliss-reactive ketones (excluding diaryl/α,β-unsaturated/α-hetero) is 2. The number of ketones is 2. The van der Waals surface area contributed by atoms with Crippen molar-refractivity contribution in [2.45, 2.75) is 169 Å². The van der Waals surface area contributed by atoms with Crippen LogP contribution in [-0.2, 0) is 38.1 Å². The fourth-order valence-electron chi connectivity index (χ4n) is 9.78. The van der Waals surface area contributed by atoms with Gasteiger partial charge in [-0.2, -0.15) is 0 Å². The van der Waals surface area contributed by atoms with Crippen molar-refractivity contribution in [3.8, 4) is 0 Å². The van der Waals surface area contributed by atoms with E-state index in [-0.39, 0.29) is 35.7 Å². The summed E-state index contributed by atoms with van der Waals surface area (Å²) < 4.78 is 22.0. The first-order chi connectivity index (χ1) is 34.2. The Hall–Kier alpha value is -4.94. The number of hydrogen-bond acceptors (Lipinski definition) is 15. The number of allylic oxidation sites excluding steroid dienone is 21. The third kappa shape index (κ3) is 16.8. The Morgan fingerprint density at radius 2 is 1.14 bits per heavy atom. The predicted octanol–water partition coefficient (Wildman–Crippen LogP) is 6.34. The molecule has 15 nitrogen and oxygen atoms in total. The van der Waals surface area contributed by atoms with E-state index in [2.05, 4.69) is 32.1 Å². The molecule has 1 aliphatic heterocycles. The monoisotopic (exact) mass is 1020 g/mol. The molecule has 3 aliphatic carbocycles. The third-order valence-electron chi connectivity index (χ3n) is 14.1. The highest BCUT2D eigenvalue weighted by atomic mass is 16.7. The Balaban J connectivity index is 1.25. The lowest BCUT2D eigenvalue weighted by molar-refractivity contribution is -0.310. The minimum absolute atomic E-state index is 0.0395. The summed E-state index contributed by atoms with van der Waals surface area (Å²) in [5.41, 5.74) is 6.83. The van der Waals surface area contributed by atoms with Crippen LogP contribution in [0, 0.1) is 22.7 Å². The van der Waals surface area contributed by atoms with E-state index in [1.165, 1.54) is 0 Å². The summed E-state index contributed by atoms with van der Waals surface area (Å²) in [6.45, 7) is 20.8. The van der Waals surface area contributed by atoms with Crippen LogP contribution in [0.1, 0.15) is 108 Å². The molecule has 0 aromatic heterocycles. The second kappa shape index (κ2) is 27.0. The van der Waals surface area contributed by atoms with E-state index in [1.54, 1.807) is 6.92 Å². The summed E-state index contributed by atoms with van der Waals surface area (Å²) in [7, 11) is 0. The van der Waals surface area contributed by atoms with Gasteiger partial charge in [0.05, 0.1) is 25.0 Å². The molecule has 7 N–H and O–H groups in total. The first-order valence-corrected chi connectivity index (χ1v) is 25.1. The highest BCUT2D eigenvalue weighted by Gasteiger charge is 2.50. The Bertz CT molecular complexity index is 2350. The summed E-state index contributed by atoms with van der Waals surface area (Å²) in [4.78, 5) is 51.7. The van der Waals surface area contributed by atoms with E-state index in [4.69, 9.17) is 18.9 Å². The Morgan fingerprint density at radius 3 is 1.68 bits per heavy atom. The summed E-state index contributed by atoms with van der Waals surface area (Å²) in [5.74, 6) is -2.63. The van der Waals surface area contributed by atoms with Crippen LogP contribution < -0.4 is 0 Å². The molecule has 1 heterocycles. The first-order valence-electron chi connectivity index (χ1n) is 25.1. The van der Waals surface area contributed by atoms with E-state index >= 15 is 0 Å². The Labute approximate surface area is 431 Å². The van der Waals surface area contributed by atoms with Crippen LogP contribution in [0.25, 0.3) is 0 Å². The van der Waals surface area contributed by atoms with Crippen LogP contribution in [0.3, 0.4) is 0 Å². The maximum Gasteiger partial charge on any atom is 0.307 e. The van der Waals surface area contributed by atoms with Gasteiger partial charge in [0.1, 0.15) is 43.2 Å². The molecule has 1 saturated carbocycles. The molecule has 1 saturated heterocycles. The van der Waals surface area contributed by atoms with Crippen molar-refractivity contribution in [2.75, 3.05) is 13.2 Å². The van der Waals surface area contributed by atoms with E-state index in [1.807, 2.05) is 122 Å². The molecule has 0 spiro atoms. The fraction of sp³-hybridized carbons (Fsp3) is 0.552. The van der Waals surface area contributed by atoms with E-state index < -0.39 is 111 Å². The van der Waals surface area contributed by atoms with Gasteiger partial charge in [-0.25, -0.2) is 0 Å². The first kappa shape index (κ1) is 60.6.